The van der Waals surface area contributed by atoms with Crippen LogP contribution in [0, 0.1) is 18.8 Å². The third-order valence-electron chi connectivity index (χ3n) is 5.46. The molecule has 0 N–H and O–H groups in total. The second-order valence-corrected chi connectivity index (χ2v) is 7.08. The summed E-state index contributed by atoms with van der Waals surface area (Å²) < 4.78 is 2.10. The van der Waals surface area contributed by atoms with E-state index in [4.69, 9.17) is 11.6 Å². The average molecular weight is 305 g/mol. The SMILES string of the molecule is Cc1nc(Cl)cc2nnc(C3CCC4CCCCC4C3)n12. The van der Waals surface area contributed by atoms with Crippen LogP contribution in [-0.4, -0.2) is 19.6 Å². The highest BCUT2D eigenvalue weighted by molar-refractivity contribution is 6.29. The van der Waals surface area contributed by atoms with Crippen molar-refractivity contribution in [2.75, 3.05) is 0 Å². The van der Waals surface area contributed by atoms with Crippen LogP contribution in [0.2, 0.25) is 5.15 Å². The highest BCUT2D eigenvalue weighted by Gasteiger charge is 2.34. The number of nitrogens with zero attached hydrogens (tertiary/aromatic N) is 4. The summed E-state index contributed by atoms with van der Waals surface area (Å²) in [4.78, 5) is 4.36. The van der Waals surface area contributed by atoms with Crippen LogP contribution >= 0.6 is 11.6 Å². The highest BCUT2D eigenvalue weighted by Crippen LogP contribution is 2.45. The third kappa shape index (κ3) is 2.33. The van der Waals surface area contributed by atoms with Gasteiger partial charge in [0.1, 0.15) is 16.8 Å². The Bertz CT molecular complexity index is 666. The topological polar surface area (TPSA) is 43.1 Å². The van der Waals surface area contributed by atoms with Crippen molar-refractivity contribution in [2.24, 2.45) is 11.8 Å². The Labute approximate surface area is 129 Å². The van der Waals surface area contributed by atoms with Gasteiger partial charge in [-0.25, -0.2) is 4.98 Å². The Morgan fingerprint density at radius 3 is 2.76 bits per heavy atom. The highest BCUT2D eigenvalue weighted by atomic mass is 35.5. The number of fused-ring (bicyclic) bond motifs is 2. The molecule has 0 aromatic carbocycles. The molecule has 0 radical (unpaired) electrons. The van der Waals surface area contributed by atoms with Crippen molar-refractivity contribution in [1.29, 1.82) is 0 Å². The Hall–Kier alpha value is -1.16. The monoisotopic (exact) mass is 304 g/mol. The molecule has 0 spiro atoms. The number of hydrogen-bond donors (Lipinski definition) is 0. The predicted octanol–water partition coefficient (Wildman–Crippen LogP) is 4.16. The van der Waals surface area contributed by atoms with Crippen molar-refractivity contribution >= 4 is 17.2 Å². The molecule has 2 saturated carbocycles. The quantitative estimate of drug-likeness (QED) is 0.743. The molecule has 0 amide bonds. The first-order valence-corrected chi connectivity index (χ1v) is 8.48. The molecule has 3 atom stereocenters. The summed E-state index contributed by atoms with van der Waals surface area (Å²) in [7, 11) is 0. The van der Waals surface area contributed by atoms with Crippen molar-refractivity contribution in [3.8, 4) is 0 Å². The number of halogens is 1. The van der Waals surface area contributed by atoms with Crippen molar-refractivity contribution < 1.29 is 0 Å². The van der Waals surface area contributed by atoms with Crippen LogP contribution in [-0.2, 0) is 0 Å². The smallest absolute Gasteiger partial charge is 0.165 e. The summed E-state index contributed by atoms with van der Waals surface area (Å²) in [5.41, 5.74) is 0.827. The van der Waals surface area contributed by atoms with Gasteiger partial charge in [0.25, 0.3) is 0 Å². The molecule has 2 heterocycles. The van der Waals surface area contributed by atoms with Crippen molar-refractivity contribution in [2.45, 2.75) is 57.8 Å². The second-order valence-electron chi connectivity index (χ2n) is 6.69. The summed E-state index contributed by atoms with van der Waals surface area (Å²) in [5.74, 6) is 4.37. The lowest BCUT2D eigenvalue weighted by Crippen LogP contribution is -2.27. The first kappa shape index (κ1) is 13.5. The molecule has 0 aliphatic heterocycles. The number of hydrogen-bond acceptors (Lipinski definition) is 3. The van der Waals surface area contributed by atoms with E-state index < -0.39 is 0 Å². The van der Waals surface area contributed by atoms with Crippen LogP contribution in [0.5, 0.6) is 0 Å². The van der Waals surface area contributed by atoms with Crippen molar-refractivity contribution in [1.82, 2.24) is 19.6 Å². The van der Waals surface area contributed by atoms with Crippen LogP contribution in [0.3, 0.4) is 0 Å². The standard InChI is InChI=1S/C16H21ClN4/c1-10-18-14(17)9-15-19-20-16(21(10)15)13-7-6-11-4-2-3-5-12(11)8-13/h9,11-13H,2-8H2,1H3. The maximum atomic E-state index is 6.02. The van der Waals surface area contributed by atoms with Gasteiger partial charge in [-0.15, -0.1) is 10.2 Å². The number of rotatable bonds is 1. The minimum Gasteiger partial charge on any atom is -0.266 e. The largest absolute Gasteiger partial charge is 0.266 e. The third-order valence-corrected chi connectivity index (χ3v) is 5.65. The molecule has 3 unspecified atom stereocenters. The Morgan fingerprint density at radius 2 is 1.90 bits per heavy atom. The predicted molar refractivity (Wildman–Crippen MR) is 82.6 cm³/mol. The lowest BCUT2D eigenvalue weighted by Gasteiger charge is -2.38. The van der Waals surface area contributed by atoms with Crippen LogP contribution in [0.15, 0.2) is 6.07 Å². The van der Waals surface area contributed by atoms with Gasteiger partial charge in [0.15, 0.2) is 5.65 Å². The van der Waals surface area contributed by atoms with Gasteiger partial charge in [0.2, 0.25) is 0 Å². The zero-order valence-corrected chi connectivity index (χ0v) is 13.2. The fourth-order valence-corrected chi connectivity index (χ4v) is 4.67. The van der Waals surface area contributed by atoms with Crippen LogP contribution in [0.4, 0.5) is 0 Å². The molecule has 2 fully saturated rings. The number of aryl methyl sites for hydroxylation is 1. The van der Waals surface area contributed by atoms with E-state index in [-0.39, 0.29) is 0 Å². The van der Waals surface area contributed by atoms with Gasteiger partial charge in [-0.05, 0) is 38.0 Å². The molecule has 21 heavy (non-hydrogen) atoms. The van der Waals surface area contributed by atoms with E-state index in [1.807, 2.05) is 6.92 Å². The molecule has 0 saturated heterocycles. The van der Waals surface area contributed by atoms with E-state index in [2.05, 4.69) is 19.6 Å². The van der Waals surface area contributed by atoms with Gasteiger partial charge >= 0.3 is 0 Å². The minimum absolute atomic E-state index is 0.495. The van der Waals surface area contributed by atoms with Crippen LogP contribution in [0.25, 0.3) is 5.65 Å². The zero-order chi connectivity index (χ0) is 14.4. The first-order chi connectivity index (χ1) is 10.2. The summed E-state index contributed by atoms with van der Waals surface area (Å²) in [6, 6.07) is 1.80. The normalized spacial score (nSPS) is 29.5. The van der Waals surface area contributed by atoms with Gasteiger partial charge in [-0.1, -0.05) is 37.3 Å². The summed E-state index contributed by atoms with van der Waals surface area (Å²) in [6.45, 7) is 1.98. The second kappa shape index (κ2) is 5.24. The van der Waals surface area contributed by atoms with Crippen LogP contribution < -0.4 is 0 Å². The maximum Gasteiger partial charge on any atom is 0.165 e. The van der Waals surface area contributed by atoms with Gasteiger partial charge in [0.05, 0.1) is 0 Å². The van der Waals surface area contributed by atoms with E-state index in [0.29, 0.717) is 11.1 Å². The zero-order valence-electron chi connectivity index (χ0n) is 12.4. The average Bonchev–Trinajstić information content (AvgIpc) is 2.90. The van der Waals surface area contributed by atoms with E-state index in [1.165, 1.54) is 44.9 Å². The van der Waals surface area contributed by atoms with Gasteiger partial charge in [-0.3, -0.25) is 4.40 Å². The molecule has 2 aliphatic rings. The molecule has 2 aromatic rings. The Balaban J connectivity index is 1.67. The molecule has 0 bridgehead atoms. The van der Waals surface area contributed by atoms with Crippen LogP contribution in [0.1, 0.15) is 62.5 Å². The van der Waals surface area contributed by atoms with Gasteiger partial charge in [0, 0.05) is 12.0 Å². The molecule has 4 rings (SSSR count). The summed E-state index contributed by atoms with van der Waals surface area (Å²) in [5, 5.41) is 9.28. The molecular formula is C16H21ClN4. The Kier molecular flexibility index (Phi) is 3.37. The van der Waals surface area contributed by atoms with E-state index >= 15 is 0 Å². The van der Waals surface area contributed by atoms with E-state index in [1.54, 1.807) is 6.07 Å². The molecule has 4 nitrogen and oxygen atoms in total. The molecule has 5 heteroatoms. The lowest BCUT2D eigenvalue weighted by molar-refractivity contribution is 0.152. The van der Waals surface area contributed by atoms with E-state index in [9.17, 15) is 0 Å². The summed E-state index contributed by atoms with van der Waals surface area (Å²) >= 11 is 6.02. The van der Waals surface area contributed by atoms with Crippen molar-refractivity contribution in [3.05, 3.63) is 22.9 Å². The number of aromatic nitrogens is 4. The molecule has 2 aliphatic carbocycles. The fourth-order valence-electron chi connectivity index (χ4n) is 4.45. The van der Waals surface area contributed by atoms with Crippen molar-refractivity contribution in [3.63, 3.8) is 0 Å². The van der Waals surface area contributed by atoms with E-state index in [0.717, 1.165) is 29.1 Å². The maximum absolute atomic E-state index is 6.02. The Morgan fingerprint density at radius 1 is 1.10 bits per heavy atom. The fraction of sp³-hybridized carbons (Fsp3) is 0.688. The van der Waals surface area contributed by atoms with Gasteiger partial charge < -0.3 is 0 Å². The molecule has 2 aromatic heterocycles. The minimum atomic E-state index is 0.495. The molecular weight excluding hydrogens is 284 g/mol. The van der Waals surface area contributed by atoms with Gasteiger partial charge in [-0.2, -0.15) is 0 Å². The lowest BCUT2D eigenvalue weighted by atomic mass is 9.67. The first-order valence-electron chi connectivity index (χ1n) is 8.10. The summed E-state index contributed by atoms with van der Waals surface area (Å²) in [6.07, 6.45) is 9.54. The molecule has 112 valence electrons.